The molecule has 0 fully saturated rings. The first-order valence-electron chi connectivity index (χ1n) is 11.4. The fourth-order valence-corrected chi connectivity index (χ4v) is 3.07. The topological polar surface area (TPSA) is 133 Å². The van der Waals surface area contributed by atoms with Gasteiger partial charge in [-0.15, -0.1) is 0 Å². The van der Waals surface area contributed by atoms with Gasteiger partial charge in [-0.1, -0.05) is 38.5 Å². The lowest BCUT2D eigenvalue weighted by molar-refractivity contribution is -0.138. The molecule has 0 radical (unpaired) electrons. The van der Waals surface area contributed by atoms with Crippen molar-refractivity contribution in [2.45, 2.75) is 103 Å². The van der Waals surface area contributed by atoms with Crippen LogP contribution in [0.25, 0.3) is 0 Å². The maximum atomic E-state index is 11.6. The van der Waals surface area contributed by atoms with Gasteiger partial charge < -0.3 is 20.8 Å². The van der Waals surface area contributed by atoms with Crippen molar-refractivity contribution in [3.63, 3.8) is 0 Å². The van der Waals surface area contributed by atoms with Gasteiger partial charge in [0.05, 0.1) is 0 Å². The van der Waals surface area contributed by atoms with Crippen molar-refractivity contribution in [2.75, 3.05) is 13.1 Å². The Morgan fingerprint density at radius 3 is 1.10 bits per heavy atom. The third kappa shape index (κ3) is 22.2. The van der Waals surface area contributed by atoms with Crippen LogP contribution in [0.4, 0.5) is 0 Å². The molecule has 8 nitrogen and oxygen atoms in total. The van der Waals surface area contributed by atoms with Crippen LogP contribution >= 0.6 is 0 Å². The van der Waals surface area contributed by atoms with E-state index in [2.05, 4.69) is 10.6 Å². The minimum atomic E-state index is -0.786. The predicted octanol–water partition coefficient (Wildman–Crippen LogP) is 3.63. The molecule has 0 heterocycles. The second-order valence-electron chi connectivity index (χ2n) is 7.73. The predicted molar refractivity (Wildman–Crippen MR) is 115 cm³/mol. The van der Waals surface area contributed by atoms with Crippen molar-refractivity contribution in [1.82, 2.24) is 10.6 Å². The number of aliphatic carboxylic acids is 2. The molecule has 0 aromatic heterocycles. The molecule has 0 aromatic carbocycles. The molecule has 0 aliphatic rings. The van der Waals surface area contributed by atoms with E-state index >= 15 is 0 Å². The summed E-state index contributed by atoms with van der Waals surface area (Å²) >= 11 is 0. The summed E-state index contributed by atoms with van der Waals surface area (Å²) in [6, 6.07) is 0. The average Bonchev–Trinajstić information content (AvgIpc) is 2.68. The third-order valence-corrected chi connectivity index (χ3v) is 4.84. The lowest BCUT2D eigenvalue weighted by atomic mass is 10.1. The molecule has 2 amide bonds. The highest BCUT2D eigenvalue weighted by Gasteiger charge is 2.03. The van der Waals surface area contributed by atoms with E-state index in [1.807, 2.05) is 0 Å². The van der Waals surface area contributed by atoms with E-state index in [-0.39, 0.29) is 24.7 Å². The summed E-state index contributed by atoms with van der Waals surface area (Å²) in [4.78, 5) is 44.1. The van der Waals surface area contributed by atoms with Crippen molar-refractivity contribution >= 4 is 23.8 Å². The first kappa shape index (κ1) is 27.9. The average molecular weight is 429 g/mol. The Morgan fingerprint density at radius 2 is 0.733 bits per heavy atom. The lowest BCUT2D eigenvalue weighted by Crippen LogP contribution is -2.24. The minimum absolute atomic E-state index is 0.0444. The van der Waals surface area contributed by atoms with Crippen LogP contribution < -0.4 is 10.6 Å². The Hall–Kier alpha value is -2.12. The van der Waals surface area contributed by atoms with Crippen LogP contribution in [0.3, 0.4) is 0 Å². The van der Waals surface area contributed by atoms with Gasteiger partial charge in [-0.25, -0.2) is 0 Å². The molecular weight excluding hydrogens is 388 g/mol. The van der Waals surface area contributed by atoms with Crippen LogP contribution in [0.2, 0.25) is 0 Å². The monoisotopic (exact) mass is 428 g/mol. The SMILES string of the molecule is O=C(O)CCCCCC(=O)NCCCCCCCCNC(=O)CCCCCC(=O)O. The van der Waals surface area contributed by atoms with Crippen molar-refractivity contribution in [2.24, 2.45) is 0 Å². The Morgan fingerprint density at radius 1 is 0.433 bits per heavy atom. The molecule has 174 valence electrons. The van der Waals surface area contributed by atoms with Crippen LogP contribution in [0, 0.1) is 0 Å². The fraction of sp³-hybridized carbons (Fsp3) is 0.818. The number of carboxylic acids is 2. The fourth-order valence-electron chi connectivity index (χ4n) is 3.07. The van der Waals surface area contributed by atoms with E-state index in [0.29, 0.717) is 38.8 Å². The third-order valence-electron chi connectivity index (χ3n) is 4.84. The quantitative estimate of drug-likeness (QED) is 0.206. The van der Waals surface area contributed by atoms with Gasteiger partial charge in [0.2, 0.25) is 11.8 Å². The number of nitrogens with one attached hydrogen (secondary N) is 2. The van der Waals surface area contributed by atoms with E-state index < -0.39 is 11.9 Å². The van der Waals surface area contributed by atoms with Gasteiger partial charge in [0.25, 0.3) is 0 Å². The summed E-state index contributed by atoms with van der Waals surface area (Å²) in [6.07, 6.45) is 11.8. The zero-order valence-electron chi connectivity index (χ0n) is 18.3. The molecule has 0 saturated carbocycles. The second kappa shape index (κ2) is 20.2. The smallest absolute Gasteiger partial charge is 0.303 e. The van der Waals surface area contributed by atoms with Gasteiger partial charge >= 0.3 is 11.9 Å². The van der Waals surface area contributed by atoms with Gasteiger partial charge in [-0.05, 0) is 38.5 Å². The molecule has 0 unspecified atom stereocenters. The van der Waals surface area contributed by atoms with Crippen LogP contribution in [-0.2, 0) is 19.2 Å². The Kier molecular flexibility index (Phi) is 18.7. The van der Waals surface area contributed by atoms with Gasteiger partial charge in [-0.3, -0.25) is 19.2 Å². The minimum Gasteiger partial charge on any atom is -0.481 e. The standard InChI is InChI=1S/C22H40N2O6/c25-19(13-7-5-9-15-21(27)28)23-17-11-3-1-2-4-12-18-24-20(26)14-8-6-10-16-22(29)30/h1-18H2,(H,23,25)(H,24,26)(H,27,28)(H,29,30). The molecule has 0 saturated heterocycles. The Bertz CT molecular complexity index is 452. The summed E-state index contributed by atoms with van der Waals surface area (Å²) < 4.78 is 0. The van der Waals surface area contributed by atoms with Crippen LogP contribution in [0.15, 0.2) is 0 Å². The molecule has 4 N–H and O–H groups in total. The number of amides is 2. The summed E-state index contributed by atoms with van der Waals surface area (Å²) in [5.74, 6) is -1.48. The summed E-state index contributed by atoms with van der Waals surface area (Å²) in [5.41, 5.74) is 0. The van der Waals surface area contributed by atoms with Gasteiger partial charge in [0.15, 0.2) is 0 Å². The molecule has 0 spiro atoms. The van der Waals surface area contributed by atoms with Crippen LogP contribution in [-0.4, -0.2) is 47.1 Å². The van der Waals surface area contributed by atoms with E-state index in [0.717, 1.165) is 64.2 Å². The van der Waals surface area contributed by atoms with Crippen molar-refractivity contribution in [3.05, 3.63) is 0 Å². The Labute approximate surface area is 180 Å². The van der Waals surface area contributed by atoms with Crippen LogP contribution in [0.1, 0.15) is 103 Å². The lowest BCUT2D eigenvalue weighted by Gasteiger charge is -2.06. The zero-order valence-corrected chi connectivity index (χ0v) is 18.3. The second-order valence-corrected chi connectivity index (χ2v) is 7.73. The van der Waals surface area contributed by atoms with Gasteiger partial charge in [0, 0.05) is 38.8 Å². The van der Waals surface area contributed by atoms with Gasteiger partial charge in [-0.2, -0.15) is 0 Å². The number of carboxylic acid groups (broad SMARTS) is 2. The number of hydrogen-bond donors (Lipinski definition) is 4. The largest absolute Gasteiger partial charge is 0.481 e. The molecule has 0 rings (SSSR count). The van der Waals surface area contributed by atoms with Gasteiger partial charge in [0.1, 0.15) is 0 Å². The summed E-state index contributed by atoms with van der Waals surface area (Å²) in [6.45, 7) is 1.38. The highest BCUT2D eigenvalue weighted by atomic mass is 16.4. The number of rotatable bonds is 21. The molecule has 8 heteroatoms. The first-order chi connectivity index (χ1) is 14.4. The Balaban J connectivity index is 3.28. The number of unbranched alkanes of at least 4 members (excludes halogenated alkanes) is 9. The number of carbonyl (C=O) groups excluding carboxylic acids is 2. The maximum absolute atomic E-state index is 11.6. The van der Waals surface area contributed by atoms with E-state index in [4.69, 9.17) is 10.2 Å². The van der Waals surface area contributed by atoms with E-state index in [9.17, 15) is 19.2 Å². The molecule has 0 bridgehead atoms. The molecule has 0 aromatic rings. The molecule has 0 aliphatic heterocycles. The highest BCUT2D eigenvalue weighted by Crippen LogP contribution is 2.06. The normalized spacial score (nSPS) is 10.5. The van der Waals surface area contributed by atoms with Crippen molar-refractivity contribution < 1.29 is 29.4 Å². The molecular formula is C22H40N2O6. The van der Waals surface area contributed by atoms with E-state index in [1.54, 1.807) is 0 Å². The highest BCUT2D eigenvalue weighted by molar-refractivity contribution is 5.76. The van der Waals surface area contributed by atoms with E-state index in [1.165, 1.54) is 0 Å². The molecule has 30 heavy (non-hydrogen) atoms. The first-order valence-corrected chi connectivity index (χ1v) is 11.4. The number of hydrogen-bond acceptors (Lipinski definition) is 4. The summed E-state index contributed by atoms with van der Waals surface area (Å²) in [7, 11) is 0. The maximum Gasteiger partial charge on any atom is 0.303 e. The van der Waals surface area contributed by atoms with Crippen molar-refractivity contribution in [3.8, 4) is 0 Å². The zero-order chi connectivity index (χ0) is 22.5. The molecule has 0 aliphatic carbocycles. The number of carbonyl (C=O) groups is 4. The summed E-state index contributed by atoms with van der Waals surface area (Å²) in [5, 5.41) is 22.9. The van der Waals surface area contributed by atoms with Crippen molar-refractivity contribution in [1.29, 1.82) is 0 Å². The van der Waals surface area contributed by atoms with Crippen LogP contribution in [0.5, 0.6) is 0 Å². The molecule has 0 atom stereocenters.